The average Bonchev–Trinajstić information content (AvgIpc) is 2.81. The molecule has 0 radical (unpaired) electrons. The number of fused-ring (bicyclic) bond motifs is 1. The number of carbonyl (C=O) groups excluding carboxylic acids is 1. The number of pyridine rings is 1. The summed E-state index contributed by atoms with van der Waals surface area (Å²) in [6.45, 7) is 0. The number of nitrogens with zero attached hydrogens (tertiary/aromatic N) is 2. The van der Waals surface area contributed by atoms with Crippen LogP contribution in [0.15, 0.2) is 24.5 Å². The predicted molar refractivity (Wildman–Crippen MR) is 71.0 cm³/mol. The summed E-state index contributed by atoms with van der Waals surface area (Å²) in [7, 11) is -3.11. The van der Waals surface area contributed by atoms with Crippen molar-refractivity contribution in [3.8, 4) is 0 Å². The molecule has 1 unspecified atom stereocenters. The van der Waals surface area contributed by atoms with Gasteiger partial charge in [0.1, 0.15) is 17.4 Å². The zero-order valence-electron chi connectivity index (χ0n) is 10.3. The van der Waals surface area contributed by atoms with Crippen LogP contribution in [0.4, 0.5) is 0 Å². The van der Waals surface area contributed by atoms with Crippen molar-refractivity contribution in [2.24, 2.45) is 0 Å². The molecular formula is C13H14N2O3S. The molecule has 6 heteroatoms. The summed E-state index contributed by atoms with van der Waals surface area (Å²) in [5, 5.41) is -0.522. The second-order valence-corrected chi connectivity index (χ2v) is 7.14. The third-order valence-electron chi connectivity index (χ3n) is 3.59. The van der Waals surface area contributed by atoms with Gasteiger partial charge in [-0.2, -0.15) is 0 Å². The number of rotatable bonds is 2. The lowest BCUT2D eigenvalue weighted by Crippen LogP contribution is -2.23. The second-order valence-electron chi connectivity index (χ2n) is 4.84. The molecule has 0 bridgehead atoms. The molecule has 0 spiro atoms. The molecule has 0 aromatic carbocycles. The Morgan fingerprint density at radius 2 is 2.21 bits per heavy atom. The van der Waals surface area contributed by atoms with E-state index in [9.17, 15) is 13.2 Å². The van der Waals surface area contributed by atoms with Gasteiger partial charge >= 0.3 is 0 Å². The average molecular weight is 278 g/mol. The Balaban J connectivity index is 2.13. The maximum absolute atomic E-state index is 12.1. The lowest BCUT2D eigenvalue weighted by molar-refractivity contribution is 0.112. The first-order valence-electron chi connectivity index (χ1n) is 6.25. The molecule has 1 fully saturated rings. The van der Waals surface area contributed by atoms with Crippen molar-refractivity contribution in [3.63, 3.8) is 0 Å². The Kier molecular flexibility index (Phi) is 2.89. The number of hydrogen-bond donors (Lipinski definition) is 0. The molecular weight excluding hydrogens is 264 g/mol. The highest BCUT2D eigenvalue weighted by Crippen LogP contribution is 2.32. The van der Waals surface area contributed by atoms with Crippen LogP contribution in [0.2, 0.25) is 0 Å². The van der Waals surface area contributed by atoms with Crippen LogP contribution in [0, 0.1) is 0 Å². The summed E-state index contributed by atoms with van der Waals surface area (Å²) in [6.07, 6.45) is 6.36. The molecule has 1 aliphatic heterocycles. The minimum atomic E-state index is -3.11. The van der Waals surface area contributed by atoms with Crippen LogP contribution >= 0.6 is 0 Å². The Labute approximate surface area is 111 Å². The minimum Gasteiger partial charge on any atom is -0.303 e. The lowest BCUT2D eigenvalue weighted by Gasteiger charge is -2.21. The summed E-state index contributed by atoms with van der Waals surface area (Å²) < 4.78 is 26.0. The van der Waals surface area contributed by atoms with E-state index in [-0.39, 0.29) is 5.75 Å². The van der Waals surface area contributed by atoms with E-state index in [0.29, 0.717) is 17.8 Å². The van der Waals surface area contributed by atoms with E-state index in [1.807, 2.05) is 0 Å². The molecule has 1 aliphatic rings. The Morgan fingerprint density at radius 1 is 1.37 bits per heavy atom. The summed E-state index contributed by atoms with van der Waals surface area (Å²) in [6, 6.07) is 3.37. The number of hydrogen-bond acceptors (Lipinski definition) is 4. The number of carbonyl (C=O) groups is 1. The van der Waals surface area contributed by atoms with Crippen LogP contribution < -0.4 is 0 Å². The molecule has 1 atom stereocenters. The van der Waals surface area contributed by atoms with Crippen molar-refractivity contribution in [2.75, 3.05) is 5.75 Å². The summed E-state index contributed by atoms with van der Waals surface area (Å²) in [4.78, 5) is 15.0. The van der Waals surface area contributed by atoms with Gasteiger partial charge < -0.3 is 4.40 Å². The summed E-state index contributed by atoms with van der Waals surface area (Å²) in [5.41, 5.74) is 1.31. The fourth-order valence-corrected chi connectivity index (χ4v) is 4.51. The first-order valence-corrected chi connectivity index (χ1v) is 7.97. The van der Waals surface area contributed by atoms with Crippen molar-refractivity contribution >= 4 is 21.6 Å². The van der Waals surface area contributed by atoms with Gasteiger partial charge in [-0.25, -0.2) is 13.4 Å². The highest BCUT2D eigenvalue weighted by atomic mass is 32.2. The summed E-state index contributed by atoms with van der Waals surface area (Å²) >= 11 is 0. The lowest BCUT2D eigenvalue weighted by atomic mass is 10.2. The van der Waals surface area contributed by atoms with Crippen molar-refractivity contribution in [3.05, 3.63) is 35.9 Å². The Morgan fingerprint density at radius 3 is 2.95 bits per heavy atom. The van der Waals surface area contributed by atoms with Gasteiger partial charge in [-0.15, -0.1) is 0 Å². The van der Waals surface area contributed by atoms with Gasteiger partial charge in [-0.1, -0.05) is 6.42 Å². The topological polar surface area (TPSA) is 68.5 Å². The Hall–Kier alpha value is -1.69. The van der Waals surface area contributed by atoms with Gasteiger partial charge in [0.05, 0.1) is 17.5 Å². The van der Waals surface area contributed by atoms with E-state index >= 15 is 0 Å². The number of aromatic nitrogens is 2. The third-order valence-corrected chi connectivity index (χ3v) is 5.76. The zero-order chi connectivity index (χ0) is 13.5. The van der Waals surface area contributed by atoms with Gasteiger partial charge in [0, 0.05) is 11.8 Å². The molecule has 0 N–H and O–H groups in total. The van der Waals surface area contributed by atoms with E-state index in [0.717, 1.165) is 24.6 Å². The van der Waals surface area contributed by atoms with Crippen molar-refractivity contribution < 1.29 is 13.2 Å². The molecule has 3 heterocycles. The van der Waals surface area contributed by atoms with Crippen molar-refractivity contribution in [1.29, 1.82) is 0 Å². The molecule has 1 saturated heterocycles. The number of aldehydes is 1. The largest absolute Gasteiger partial charge is 0.303 e. The SMILES string of the molecule is O=Cc1ccn2c(C3CCCCS3(=O)=O)ncc2c1. The molecule has 19 heavy (non-hydrogen) atoms. The zero-order valence-corrected chi connectivity index (χ0v) is 11.1. The van der Waals surface area contributed by atoms with Gasteiger partial charge in [-0.3, -0.25) is 4.79 Å². The fourth-order valence-electron chi connectivity index (χ4n) is 2.59. The maximum atomic E-state index is 12.1. The van der Waals surface area contributed by atoms with Crippen LogP contribution in [0.5, 0.6) is 0 Å². The molecule has 2 aromatic heterocycles. The van der Waals surface area contributed by atoms with E-state index < -0.39 is 15.1 Å². The minimum absolute atomic E-state index is 0.235. The summed E-state index contributed by atoms with van der Waals surface area (Å²) in [5.74, 6) is 0.797. The molecule has 0 amide bonds. The van der Waals surface area contributed by atoms with Crippen LogP contribution in [0.3, 0.4) is 0 Å². The predicted octanol–water partition coefficient (Wildman–Crippen LogP) is 1.79. The number of sulfone groups is 1. The molecule has 0 aliphatic carbocycles. The molecule has 0 saturated carbocycles. The molecule has 5 nitrogen and oxygen atoms in total. The van der Waals surface area contributed by atoms with Crippen molar-refractivity contribution in [2.45, 2.75) is 24.5 Å². The van der Waals surface area contributed by atoms with Gasteiger partial charge in [0.15, 0.2) is 9.84 Å². The molecule has 100 valence electrons. The first kappa shape index (κ1) is 12.3. The van der Waals surface area contributed by atoms with Crippen LogP contribution in [0.25, 0.3) is 5.52 Å². The van der Waals surface area contributed by atoms with E-state index in [1.165, 1.54) is 0 Å². The fraction of sp³-hybridized carbons (Fsp3) is 0.385. The van der Waals surface area contributed by atoms with Crippen LogP contribution in [0.1, 0.15) is 40.7 Å². The van der Waals surface area contributed by atoms with E-state index in [4.69, 9.17) is 0 Å². The van der Waals surface area contributed by atoms with Gasteiger partial charge in [-0.05, 0) is 25.0 Å². The highest BCUT2D eigenvalue weighted by Gasteiger charge is 2.33. The smallest absolute Gasteiger partial charge is 0.160 e. The van der Waals surface area contributed by atoms with E-state index in [2.05, 4.69) is 4.98 Å². The van der Waals surface area contributed by atoms with Gasteiger partial charge in [0.2, 0.25) is 0 Å². The normalized spacial score (nSPS) is 22.4. The highest BCUT2D eigenvalue weighted by molar-refractivity contribution is 7.91. The van der Waals surface area contributed by atoms with Crippen molar-refractivity contribution in [1.82, 2.24) is 9.38 Å². The molecule has 2 aromatic rings. The number of imidazole rings is 1. The Bertz CT molecular complexity index is 733. The van der Waals surface area contributed by atoms with Crippen LogP contribution in [-0.2, 0) is 9.84 Å². The van der Waals surface area contributed by atoms with Crippen LogP contribution in [-0.4, -0.2) is 29.8 Å². The first-order chi connectivity index (χ1) is 9.12. The monoisotopic (exact) mass is 278 g/mol. The quantitative estimate of drug-likeness (QED) is 0.785. The second kappa shape index (κ2) is 4.45. The van der Waals surface area contributed by atoms with Gasteiger partial charge in [0.25, 0.3) is 0 Å². The third kappa shape index (κ3) is 2.06. The maximum Gasteiger partial charge on any atom is 0.160 e. The molecule has 3 rings (SSSR count). The van der Waals surface area contributed by atoms with E-state index in [1.54, 1.807) is 28.9 Å². The standard InChI is InChI=1S/C13H14N2O3S/c16-9-10-4-5-15-11(7-10)8-14-13(15)12-3-1-2-6-19(12,17)18/h4-5,7-9,12H,1-3,6H2.